The number of hydrogen-bond acceptors (Lipinski definition) is 4. The third-order valence-corrected chi connectivity index (χ3v) is 4.47. The van der Waals surface area contributed by atoms with Crippen molar-refractivity contribution in [1.82, 2.24) is 5.43 Å². The summed E-state index contributed by atoms with van der Waals surface area (Å²) < 4.78 is 5.11. The van der Waals surface area contributed by atoms with Gasteiger partial charge in [0.05, 0.1) is 17.5 Å². The van der Waals surface area contributed by atoms with E-state index in [0.717, 1.165) is 30.5 Å². The molecule has 25 heavy (non-hydrogen) atoms. The van der Waals surface area contributed by atoms with Gasteiger partial charge in [0.15, 0.2) is 0 Å². The van der Waals surface area contributed by atoms with E-state index in [9.17, 15) is 9.59 Å². The van der Waals surface area contributed by atoms with Gasteiger partial charge in [0, 0.05) is 11.6 Å². The fourth-order valence-corrected chi connectivity index (χ4v) is 2.59. The number of amides is 2. The van der Waals surface area contributed by atoms with E-state index < -0.39 is 0 Å². The molecule has 130 valence electrons. The minimum absolute atomic E-state index is 0.0899. The zero-order chi connectivity index (χ0) is 17.8. The average molecular weight is 339 g/mol. The molecule has 6 heteroatoms. The molecule has 1 aromatic heterocycles. The van der Waals surface area contributed by atoms with Crippen LogP contribution in [0.15, 0.2) is 46.1 Å². The highest BCUT2D eigenvalue weighted by Gasteiger charge is 2.25. The van der Waals surface area contributed by atoms with Crippen molar-refractivity contribution in [1.29, 1.82) is 0 Å². The molecule has 2 aromatic rings. The number of hydrazone groups is 1. The number of aryl methyl sites for hydroxylation is 1. The summed E-state index contributed by atoms with van der Waals surface area (Å²) in [5.74, 6) is 0.489. The lowest BCUT2D eigenvalue weighted by Crippen LogP contribution is -2.28. The highest BCUT2D eigenvalue weighted by atomic mass is 16.3. The van der Waals surface area contributed by atoms with Crippen molar-refractivity contribution in [3.05, 3.63) is 53.5 Å². The fraction of sp³-hybridized carbons (Fsp3) is 0.316. The number of hydrogen-bond donors (Lipinski definition) is 2. The molecule has 1 fully saturated rings. The van der Waals surface area contributed by atoms with Crippen LogP contribution in [0.1, 0.15) is 47.9 Å². The van der Waals surface area contributed by atoms with Crippen LogP contribution < -0.4 is 10.7 Å². The first kappa shape index (κ1) is 17.0. The Hall–Kier alpha value is -2.89. The number of nitrogens with one attached hydrogen (secondary N) is 2. The number of carbonyl (C=O) groups excluding carboxylic acids is 2. The lowest BCUT2D eigenvalue weighted by atomic mass is 9.85. The predicted octanol–water partition coefficient (Wildman–Crippen LogP) is 3.48. The van der Waals surface area contributed by atoms with Gasteiger partial charge in [0.1, 0.15) is 5.76 Å². The van der Waals surface area contributed by atoms with Crippen LogP contribution in [-0.4, -0.2) is 17.5 Å². The van der Waals surface area contributed by atoms with Gasteiger partial charge in [-0.2, -0.15) is 5.10 Å². The molecule has 0 unspecified atom stereocenters. The maximum Gasteiger partial charge on any atom is 0.274 e. The molecular formula is C19H21N3O3. The van der Waals surface area contributed by atoms with Crippen molar-refractivity contribution >= 4 is 23.2 Å². The van der Waals surface area contributed by atoms with Gasteiger partial charge in [-0.3, -0.25) is 9.59 Å². The summed E-state index contributed by atoms with van der Waals surface area (Å²) in [4.78, 5) is 24.0. The fourth-order valence-electron chi connectivity index (χ4n) is 2.59. The number of nitrogens with zero attached hydrogens (tertiary/aromatic N) is 1. The third kappa shape index (κ3) is 3.96. The van der Waals surface area contributed by atoms with Crippen LogP contribution in [0.5, 0.6) is 0 Å². The Labute approximate surface area is 146 Å². The molecule has 1 aliphatic rings. The summed E-state index contributed by atoms with van der Waals surface area (Å²) in [7, 11) is 0. The lowest BCUT2D eigenvalue weighted by molar-refractivity contribution is -0.122. The zero-order valence-electron chi connectivity index (χ0n) is 14.3. The first-order valence-electron chi connectivity index (χ1n) is 8.34. The maximum atomic E-state index is 12.0. The van der Waals surface area contributed by atoms with Crippen LogP contribution in [0.25, 0.3) is 0 Å². The van der Waals surface area contributed by atoms with Crippen molar-refractivity contribution in [2.45, 2.75) is 33.1 Å². The summed E-state index contributed by atoms with van der Waals surface area (Å²) in [6, 6.07) is 9.02. The Kier molecular flexibility index (Phi) is 4.97. The molecule has 0 spiro atoms. The molecule has 2 amide bonds. The molecule has 1 aromatic carbocycles. The van der Waals surface area contributed by atoms with Gasteiger partial charge in [-0.25, -0.2) is 5.43 Å². The van der Waals surface area contributed by atoms with E-state index in [2.05, 4.69) is 15.8 Å². The number of rotatable bonds is 5. The van der Waals surface area contributed by atoms with E-state index in [0.29, 0.717) is 17.0 Å². The van der Waals surface area contributed by atoms with Crippen molar-refractivity contribution in [2.75, 3.05) is 5.32 Å². The van der Waals surface area contributed by atoms with Crippen LogP contribution in [0.3, 0.4) is 0 Å². The second-order valence-electron chi connectivity index (χ2n) is 6.22. The van der Waals surface area contributed by atoms with E-state index in [1.54, 1.807) is 13.0 Å². The normalized spacial score (nSPS) is 14.7. The SMILES string of the molecule is C/C(=N\NC(=O)c1ccoc1C)c1ccc(NC(=O)C2CCC2)cc1. The molecule has 0 atom stereocenters. The molecule has 2 N–H and O–H groups in total. The molecule has 0 saturated heterocycles. The molecule has 0 bridgehead atoms. The zero-order valence-corrected chi connectivity index (χ0v) is 14.3. The quantitative estimate of drug-likeness (QED) is 0.646. The van der Waals surface area contributed by atoms with E-state index in [1.807, 2.05) is 31.2 Å². The molecule has 1 aliphatic carbocycles. The maximum absolute atomic E-state index is 12.0. The van der Waals surface area contributed by atoms with Gasteiger partial charge in [-0.15, -0.1) is 0 Å². The van der Waals surface area contributed by atoms with Crippen molar-refractivity contribution in [3.63, 3.8) is 0 Å². The van der Waals surface area contributed by atoms with E-state index in [-0.39, 0.29) is 17.7 Å². The number of furan rings is 1. The summed E-state index contributed by atoms with van der Waals surface area (Å²) in [6.45, 7) is 3.53. The first-order valence-corrected chi connectivity index (χ1v) is 8.34. The highest BCUT2D eigenvalue weighted by molar-refractivity contribution is 6.01. The molecule has 3 rings (SSSR count). The highest BCUT2D eigenvalue weighted by Crippen LogP contribution is 2.27. The Morgan fingerprint density at radius 2 is 1.88 bits per heavy atom. The molecule has 0 aliphatic heterocycles. The number of benzene rings is 1. The second kappa shape index (κ2) is 7.34. The van der Waals surface area contributed by atoms with Crippen molar-refractivity contribution < 1.29 is 14.0 Å². The monoisotopic (exact) mass is 339 g/mol. The van der Waals surface area contributed by atoms with Crippen LogP contribution in [0.2, 0.25) is 0 Å². The van der Waals surface area contributed by atoms with Gasteiger partial charge in [-0.1, -0.05) is 18.6 Å². The van der Waals surface area contributed by atoms with Gasteiger partial charge in [-0.05, 0) is 50.5 Å². The molecule has 1 heterocycles. The topological polar surface area (TPSA) is 83.7 Å². The Morgan fingerprint density at radius 3 is 2.44 bits per heavy atom. The van der Waals surface area contributed by atoms with Gasteiger partial charge < -0.3 is 9.73 Å². The van der Waals surface area contributed by atoms with Crippen LogP contribution in [0, 0.1) is 12.8 Å². The predicted molar refractivity (Wildman–Crippen MR) is 95.5 cm³/mol. The second-order valence-corrected chi connectivity index (χ2v) is 6.22. The standard InChI is InChI=1S/C19H21N3O3/c1-12(21-22-19(24)17-10-11-25-13(17)2)14-6-8-16(9-7-14)20-18(23)15-4-3-5-15/h6-11,15H,3-5H2,1-2H3,(H,20,23)(H,22,24)/b21-12+. The van der Waals surface area contributed by atoms with E-state index >= 15 is 0 Å². The molecular weight excluding hydrogens is 318 g/mol. The van der Waals surface area contributed by atoms with Crippen molar-refractivity contribution in [3.8, 4) is 0 Å². The average Bonchev–Trinajstić information content (AvgIpc) is 2.97. The van der Waals surface area contributed by atoms with Crippen molar-refractivity contribution in [2.24, 2.45) is 11.0 Å². The van der Waals surface area contributed by atoms with Crippen LogP contribution in [-0.2, 0) is 4.79 Å². The minimum atomic E-state index is -0.310. The van der Waals surface area contributed by atoms with Gasteiger partial charge >= 0.3 is 0 Å². The molecule has 6 nitrogen and oxygen atoms in total. The summed E-state index contributed by atoms with van der Waals surface area (Å²) in [6.07, 6.45) is 4.56. The number of anilines is 1. The lowest BCUT2D eigenvalue weighted by Gasteiger charge is -2.24. The smallest absolute Gasteiger partial charge is 0.274 e. The number of carbonyl (C=O) groups is 2. The summed E-state index contributed by atoms with van der Waals surface area (Å²) in [5.41, 5.74) is 5.29. The summed E-state index contributed by atoms with van der Waals surface area (Å²) in [5, 5.41) is 7.05. The summed E-state index contributed by atoms with van der Waals surface area (Å²) >= 11 is 0. The van der Waals surface area contributed by atoms with E-state index in [4.69, 9.17) is 4.42 Å². The van der Waals surface area contributed by atoms with Gasteiger partial charge in [0.25, 0.3) is 5.91 Å². The Bertz CT molecular complexity index is 802. The first-order chi connectivity index (χ1) is 12.0. The Morgan fingerprint density at radius 1 is 1.16 bits per heavy atom. The van der Waals surface area contributed by atoms with Crippen LogP contribution in [0.4, 0.5) is 5.69 Å². The van der Waals surface area contributed by atoms with Gasteiger partial charge in [0.2, 0.25) is 5.91 Å². The molecule has 1 saturated carbocycles. The van der Waals surface area contributed by atoms with Crippen LogP contribution >= 0.6 is 0 Å². The third-order valence-electron chi connectivity index (χ3n) is 4.47. The largest absolute Gasteiger partial charge is 0.469 e. The minimum Gasteiger partial charge on any atom is -0.469 e. The Balaban J connectivity index is 1.60. The molecule has 0 radical (unpaired) electrons. The van der Waals surface area contributed by atoms with E-state index in [1.165, 1.54) is 6.26 Å².